The summed E-state index contributed by atoms with van der Waals surface area (Å²) in [4.78, 5) is 19.4. The fraction of sp³-hybridized carbons (Fsp3) is 0.900. The molecule has 2 fully saturated rings. The molecular formula is C20H38N2O5. The molecule has 0 aromatic carbocycles. The van der Waals surface area contributed by atoms with Gasteiger partial charge in [-0.1, -0.05) is 57.8 Å². The fourth-order valence-corrected chi connectivity index (χ4v) is 3.73. The highest BCUT2D eigenvalue weighted by Gasteiger charge is 2.19. The first kappa shape index (κ1) is 23.9. The van der Waals surface area contributed by atoms with Crippen molar-refractivity contribution in [3.63, 3.8) is 0 Å². The lowest BCUT2D eigenvalue weighted by Crippen LogP contribution is -2.46. The van der Waals surface area contributed by atoms with Crippen LogP contribution in [0.1, 0.15) is 89.9 Å². The molecule has 1 atom stereocenters. The molecule has 2 rings (SSSR count). The van der Waals surface area contributed by atoms with E-state index in [-0.39, 0.29) is 0 Å². The van der Waals surface area contributed by atoms with Gasteiger partial charge in [0, 0.05) is 19.1 Å². The number of nitrogens with zero attached hydrogens (tertiary/aromatic N) is 1. The van der Waals surface area contributed by atoms with E-state index < -0.39 is 24.5 Å². The Kier molecular flexibility index (Phi) is 13.1. The van der Waals surface area contributed by atoms with Crippen molar-refractivity contribution in [1.29, 1.82) is 0 Å². The topological polar surface area (TPSA) is 110 Å². The van der Waals surface area contributed by atoms with E-state index in [1.807, 2.05) is 0 Å². The van der Waals surface area contributed by atoms with Crippen molar-refractivity contribution in [3.05, 3.63) is 0 Å². The molecule has 1 saturated heterocycles. The van der Waals surface area contributed by atoms with Gasteiger partial charge in [0.25, 0.3) is 0 Å². The number of hydrogen-bond donors (Lipinski definition) is 4. The Balaban J connectivity index is 0.000000345. The normalized spacial score (nSPS) is 22.4. The molecule has 158 valence electrons. The van der Waals surface area contributed by atoms with Gasteiger partial charge in [0.1, 0.15) is 0 Å². The van der Waals surface area contributed by atoms with Crippen LogP contribution in [0.4, 0.5) is 0 Å². The zero-order valence-corrected chi connectivity index (χ0v) is 16.6. The van der Waals surface area contributed by atoms with Crippen molar-refractivity contribution < 1.29 is 24.9 Å². The highest BCUT2D eigenvalue weighted by Crippen LogP contribution is 2.21. The summed E-state index contributed by atoms with van der Waals surface area (Å²) in [5, 5.41) is 26.8. The second-order valence-electron chi connectivity index (χ2n) is 7.67. The van der Waals surface area contributed by atoms with Crippen LogP contribution >= 0.6 is 0 Å². The molecule has 0 radical (unpaired) electrons. The molecule has 1 saturated carbocycles. The van der Waals surface area contributed by atoms with Crippen LogP contribution in [0.3, 0.4) is 0 Å². The molecule has 0 aromatic rings. The number of aliphatic hydroxyl groups is 1. The van der Waals surface area contributed by atoms with E-state index in [2.05, 4.69) is 10.4 Å². The monoisotopic (exact) mass is 386 g/mol. The molecule has 0 bridgehead atoms. The van der Waals surface area contributed by atoms with E-state index in [1.54, 1.807) is 0 Å². The second-order valence-corrected chi connectivity index (χ2v) is 7.67. The van der Waals surface area contributed by atoms with Crippen molar-refractivity contribution >= 4 is 11.9 Å². The number of hydrogen-bond acceptors (Lipinski definition) is 5. The molecule has 1 aliphatic heterocycles. The first-order valence-corrected chi connectivity index (χ1v) is 10.6. The minimum atomic E-state index is -1.79. The maximum absolute atomic E-state index is 9.72. The predicted molar refractivity (Wildman–Crippen MR) is 104 cm³/mol. The van der Waals surface area contributed by atoms with Gasteiger partial charge in [-0.15, -0.1) is 0 Å². The number of aliphatic hydroxyl groups excluding tert-OH is 1. The van der Waals surface area contributed by atoms with Gasteiger partial charge in [-0.2, -0.15) is 0 Å². The minimum Gasteiger partial charge on any atom is -0.481 e. The third kappa shape index (κ3) is 12.0. The van der Waals surface area contributed by atoms with Crippen molar-refractivity contribution in [1.82, 2.24) is 10.4 Å². The Labute approximate surface area is 163 Å². The van der Waals surface area contributed by atoms with E-state index >= 15 is 0 Å². The Bertz CT molecular complexity index is 377. The molecule has 1 heterocycles. The summed E-state index contributed by atoms with van der Waals surface area (Å²) in [6.45, 7) is 2.49. The van der Waals surface area contributed by atoms with Gasteiger partial charge in [-0.25, -0.2) is 9.80 Å². The van der Waals surface area contributed by atoms with E-state index in [1.165, 1.54) is 96.6 Å². The van der Waals surface area contributed by atoms with Crippen LogP contribution in [-0.4, -0.2) is 57.5 Å². The van der Waals surface area contributed by atoms with Crippen molar-refractivity contribution in [2.24, 2.45) is 0 Å². The predicted octanol–water partition coefficient (Wildman–Crippen LogP) is 3.17. The molecule has 0 amide bonds. The standard InChI is InChI=1S/C16H32N2.C4H6O5/c1-2-5-9-13-16(12-8-4-1)18-15-11-7-3-6-10-14-17-18;5-2(4(8)9)1-3(6)7/h16-17H,1-15H2;2,5H,1H2,(H,6,7)(H,8,9). The molecular weight excluding hydrogens is 348 g/mol. The lowest BCUT2D eigenvalue weighted by atomic mass is 10.0. The zero-order valence-electron chi connectivity index (χ0n) is 16.6. The summed E-state index contributed by atoms with van der Waals surface area (Å²) in [6, 6.07) is 0.821. The summed E-state index contributed by atoms with van der Waals surface area (Å²) in [5.74, 6) is -2.85. The molecule has 4 N–H and O–H groups in total. The largest absolute Gasteiger partial charge is 0.481 e. The molecule has 7 nitrogen and oxygen atoms in total. The number of hydrazine groups is 1. The van der Waals surface area contributed by atoms with Crippen molar-refractivity contribution in [2.45, 2.75) is 102 Å². The fourth-order valence-electron chi connectivity index (χ4n) is 3.73. The van der Waals surface area contributed by atoms with Gasteiger partial charge in [0.15, 0.2) is 6.10 Å². The van der Waals surface area contributed by atoms with Crippen LogP contribution in [0.15, 0.2) is 0 Å². The highest BCUT2D eigenvalue weighted by molar-refractivity contribution is 5.79. The van der Waals surface area contributed by atoms with Gasteiger partial charge in [0.05, 0.1) is 6.42 Å². The van der Waals surface area contributed by atoms with Crippen molar-refractivity contribution in [3.8, 4) is 0 Å². The summed E-state index contributed by atoms with van der Waals surface area (Å²) in [6.07, 6.45) is 16.1. The Morgan fingerprint density at radius 3 is 1.89 bits per heavy atom. The lowest BCUT2D eigenvalue weighted by Gasteiger charge is -2.32. The molecule has 0 spiro atoms. The van der Waals surface area contributed by atoms with Gasteiger partial charge < -0.3 is 15.3 Å². The summed E-state index contributed by atoms with van der Waals surface area (Å²) in [5.41, 5.74) is 3.73. The molecule has 1 aliphatic carbocycles. The third-order valence-corrected chi connectivity index (χ3v) is 5.31. The van der Waals surface area contributed by atoms with Crippen LogP contribution < -0.4 is 5.43 Å². The molecule has 2 aliphatic rings. The zero-order chi connectivity index (χ0) is 19.9. The van der Waals surface area contributed by atoms with E-state index in [0.717, 1.165) is 6.04 Å². The van der Waals surface area contributed by atoms with Crippen LogP contribution in [0.5, 0.6) is 0 Å². The third-order valence-electron chi connectivity index (χ3n) is 5.31. The molecule has 1 unspecified atom stereocenters. The van der Waals surface area contributed by atoms with Crippen LogP contribution in [0, 0.1) is 0 Å². The summed E-state index contributed by atoms with van der Waals surface area (Å²) < 4.78 is 0. The summed E-state index contributed by atoms with van der Waals surface area (Å²) >= 11 is 0. The number of carbonyl (C=O) groups is 2. The maximum Gasteiger partial charge on any atom is 0.333 e. The van der Waals surface area contributed by atoms with Crippen LogP contribution in [0.2, 0.25) is 0 Å². The van der Waals surface area contributed by atoms with Gasteiger partial charge in [-0.05, 0) is 25.7 Å². The SMILES string of the molecule is C1CCCCC(N2CCCCCCCN2)CCC1.O=C(O)CC(O)C(=O)O. The van der Waals surface area contributed by atoms with E-state index in [4.69, 9.17) is 15.3 Å². The quantitative estimate of drug-likeness (QED) is 0.587. The first-order valence-electron chi connectivity index (χ1n) is 10.6. The molecule has 7 heteroatoms. The average Bonchev–Trinajstić information content (AvgIpc) is 2.84. The highest BCUT2D eigenvalue weighted by atomic mass is 16.4. The van der Waals surface area contributed by atoms with Crippen LogP contribution in [0.25, 0.3) is 0 Å². The number of nitrogens with one attached hydrogen (secondary N) is 1. The number of rotatable bonds is 4. The second kappa shape index (κ2) is 14.8. The number of aliphatic carboxylic acids is 2. The molecule has 0 aromatic heterocycles. The number of carboxylic acid groups (broad SMARTS) is 2. The lowest BCUT2D eigenvalue weighted by molar-refractivity contribution is -0.152. The number of carboxylic acids is 2. The van der Waals surface area contributed by atoms with E-state index in [0.29, 0.717) is 0 Å². The minimum absolute atomic E-state index is 0.755. The molecule has 27 heavy (non-hydrogen) atoms. The first-order chi connectivity index (χ1) is 13.0. The average molecular weight is 387 g/mol. The van der Waals surface area contributed by atoms with Gasteiger partial charge >= 0.3 is 11.9 Å². The van der Waals surface area contributed by atoms with Crippen LogP contribution in [-0.2, 0) is 9.59 Å². The Morgan fingerprint density at radius 1 is 0.852 bits per heavy atom. The maximum atomic E-state index is 9.72. The Morgan fingerprint density at radius 2 is 1.37 bits per heavy atom. The van der Waals surface area contributed by atoms with Gasteiger partial charge in [0.2, 0.25) is 0 Å². The van der Waals surface area contributed by atoms with Gasteiger partial charge in [-0.3, -0.25) is 10.2 Å². The van der Waals surface area contributed by atoms with E-state index in [9.17, 15) is 9.59 Å². The Hall–Kier alpha value is -1.18. The van der Waals surface area contributed by atoms with Crippen molar-refractivity contribution in [2.75, 3.05) is 13.1 Å². The smallest absolute Gasteiger partial charge is 0.333 e. The summed E-state index contributed by atoms with van der Waals surface area (Å²) in [7, 11) is 0.